The lowest BCUT2D eigenvalue weighted by molar-refractivity contribution is -0.128. The maximum absolute atomic E-state index is 12.4. The number of likely N-dealkylation sites (tertiary alicyclic amines) is 1. The van der Waals surface area contributed by atoms with Crippen LogP contribution < -0.4 is 10.6 Å². The lowest BCUT2D eigenvalue weighted by Gasteiger charge is -2.27. The molecule has 0 spiro atoms. The molecule has 0 bridgehead atoms. The third kappa shape index (κ3) is 6.60. The molecule has 2 aromatic carbocycles. The van der Waals surface area contributed by atoms with Crippen LogP contribution in [-0.4, -0.2) is 53.3 Å². The number of carbonyl (C=O) groups excluding carboxylic acids is 1. The molecule has 172 valence electrons. The standard InChI is InChI=1S/C23H24Cl2N6O2/c24-18-8-5-16(12-19(18)25)22(27)20(31-11-1-2-21(31)33)13-29-23(30-14-26)28-10-9-15-3-6-17(32)7-4-15/h3-8,12,20,27,32H,1-2,9-11,13H2,(H2,28,29,30). The molecule has 0 aromatic heterocycles. The summed E-state index contributed by atoms with van der Waals surface area (Å²) in [6.45, 7) is 1.13. The van der Waals surface area contributed by atoms with Crippen LogP contribution in [-0.2, 0) is 11.2 Å². The van der Waals surface area contributed by atoms with Gasteiger partial charge in [0.2, 0.25) is 11.9 Å². The van der Waals surface area contributed by atoms with Crippen molar-refractivity contribution in [3.8, 4) is 11.9 Å². The zero-order valence-electron chi connectivity index (χ0n) is 17.8. The lowest BCUT2D eigenvalue weighted by Crippen LogP contribution is -2.45. The molecule has 3 rings (SSSR count). The molecule has 1 aliphatic rings. The van der Waals surface area contributed by atoms with Gasteiger partial charge in [-0.3, -0.25) is 10.1 Å². The van der Waals surface area contributed by atoms with E-state index >= 15 is 0 Å². The minimum absolute atomic E-state index is 0.0323. The van der Waals surface area contributed by atoms with Gasteiger partial charge in [0.15, 0.2) is 6.19 Å². The van der Waals surface area contributed by atoms with Gasteiger partial charge in [0.05, 0.1) is 28.3 Å². The largest absolute Gasteiger partial charge is 0.508 e. The molecule has 4 N–H and O–H groups in total. The molecule has 1 aliphatic heterocycles. The number of nitrogens with one attached hydrogen (secondary N) is 3. The zero-order valence-corrected chi connectivity index (χ0v) is 19.3. The van der Waals surface area contributed by atoms with E-state index < -0.39 is 6.04 Å². The van der Waals surface area contributed by atoms with E-state index in [1.807, 2.05) is 18.3 Å². The molecule has 2 aromatic rings. The Bertz CT molecular complexity index is 1080. The van der Waals surface area contributed by atoms with Crippen LogP contribution in [0.25, 0.3) is 0 Å². The van der Waals surface area contributed by atoms with Crippen molar-refractivity contribution in [1.29, 1.82) is 10.7 Å². The fraction of sp³-hybridized carbons (Fsp3) is 0.304. The summed E-state index contributed by atoms with van der Waals surface area (Å²) in [5, 5.41) is 33.5. The van der Waals surface area contributed by atoms with Crippen molar-refractivity contribution >= 4 is 40.8 Å². The molecule has 0 saturated carbocycles. The predicted octanol–water partition coefficient (Wildman–Crippen LogP) is 3.32. The quantitative estimate of drug-likeness (QED) is 0.197. The summed E-state index contributed by atoms with van der Waals surface area (Å²) in [5.74, 6) is 0.428. The number of phenolic OH excluding ortho intramolecular Hbond substituents is 1. The molecular formula is C23H24Cl2N6O2. The summed E-state index contributed by atoms with van der Waals surface area (Å²) >= 11 is 12.1. The van der Waals surface area contributed by atoms with Gasteiger partial charge in [0.1, 0.15) is 5.75 Å². The monoisotopic (exact) mass is 486 g/mol. The first-order valence-electron chi connectivity index (χ1n) is 10.4. The fourth-order valence-electron chi connectivity index (χ4n) is 3.56. The summed E-state index contributed by atoms with van der Waals surface area (Å²) in [5.41, 5.74) is 1.77. The average Bonchev–Trinajstić information content (AvgIpc) is 3.22. The minimum atomic E-state index is -0.605. The molecule has 33 heavy (non-hydrogen) atoms. The third-order valence-electron chi connectivity index (χ3n) is 5.29. The van der Waals surface area contributed by atoms with Crippen molar-refractivity contribution in [2.45, 2.75) is 25.3 Å². The van der Waals surface area contributed by atoms with E-state index in [1.54, 1.807) is 35.2 Å². The van der Waals surface area contributed by atoms with Gasteiger partial charge in [0, 0.05) is 19.5 Å². The predicted molar refractivity (Wildman–Crippen MR) is 129 cm³/mol. The summed E-state index contributed by atoms with van der Waals surface area (Å²) < 4.78 is 0. The lowest BCUT2D eigenvalue weighted by atomic mass is 10.0. The van der Waals surface area contributed by atoms with Gasteiger partial charge in [-0.25, -0.2) is 4.99 Å². The topological polar surface area (TPSA) is 125 Å². The molecule has 1 saturated heterocycles. The second-order valence-electron chi connectivity index (χ2n) is 7.52. The number of rotatable bonds is 8. The molecule has 1 fully saturated rings. The van der Waals surface area contributed by atoms with Crippen molar-refractivity contribution in [1.82, 2.24) is 15.5 Å². The van der Waals surface area contributed by atoms with Gasteiger partial charge in [-0.05, 0) is 48.2 Å². The smallest absolute Gasteiger partial charge is 0.223 e. The second-order valence-corrected chi connectivity index (χ2v) is 8.33. The molecule has 1 heterocycles. The Balaban J connectivity index is 1.73. The molecule has 10 heteroatoms. The van der Waals surface area contributed by atoms with Crippen molar-refractivity contribution in [3.05, 3.63) is 63.6 Å². The van der Waals surface area contributed by atoms with Crippen LogP contribution in [0.1, 0.15) is 24.0 Å². The van der Waals surface area contributed by atoms with E-state index in [0.717, 1.165) is 12.0 Å². The number of amides is 1. The van der Waals surface area contributed by atoms with Gasteiger partial charge < -0.3 is 20.7 Å². The molecule has 8 nitrogen and oxygen atoms in total. The third-order valence-corrected chi connectivity index (χ3v) is 6.03. The number of benzene rings is 2. The van der Waals surface area contributed by atoms with Gasteiger partial charge in [0.25, 0.3) is 0 Å². The van der Waals surface area contributed by atoms with E-state index in [0.29, 0.717) is 41.5 Å². The van der Waals surface area contributed by atoms with Gasteiger partial charge >= 0.3 is 0 Å². The number of carbonyl (C=O) groups is 1. The number of aromatic hydroxyl groups is 1. The Morgan fingerprint density at radius 2 is 2.00 bits per heavy atom. The van der Waals surface area contributed by atoms with Crippen LogP contribution in [0.5, 0.6) is 5.75 Å². The van der Waals surface area contributed by atoms with E-state index in [4.69, 9.17) is 33.9 Å². The number of guanidine groups is 1. The maximum atomic E-state index is 12.4. The van der Waals surface area contributed by atoms with Gasteiger partial charge in [-0.1, -0.05) is 41.4 Å². The van der Waals surface area contributed by atoms with Crippen molar-refractivity contribution < 1.29 is 9.90 Å². The molecule has 1 amide bonds. The van der Waals surface area contributed by atoms with E-state index in [-0.39, 0.29) is 29.9 Å². The Morgan fingerprint density at radius 1 is 1.24 bits per heavy atom. The maximum Gasteiger partial charge on any atom is 0.223 e. The second kappa shape index (κ2) is 11.5. The first-order chi connectivity index (χ1) is 15.9. The average molecular weight is 487 g/mol. The van der Waals surface area contributed by atoms with E-state index in [9.17, 15) is 9.90 Å². The molecule has 0 aliphatic carbocycles. The highest BCUT2D eigenvalue weighted by molar-refractivity contribution is 6.42. The number of aliphatic imine (C=N–C) groups is 1. The van der Waals surface area contributed by atoms with Crippen LogP contribution in [0.4, 0.5) is 0 Å². The molecular weight excluding hydrogens is 463 g/mol. The van der Waals surface area contributed by atoms with Crippen molar-refractivity contribution in [2.24, 2.45) is 4.99 Å². The number of halogens is 2. The Labute approximate surface area is 202 Å². The summed E-state index contributed by atoms with van der Waals surface area (Å²) in [6.07, 6.45) is 3.67. The van der Waals surface area contributed by atoms with Crippen LogP contribution >= 0.6 is 23.2 Å². The normalized spacial score (nSPS) is 14.6. The van der Waals surface area contributed by atoms with Crippen LogP contribution in [0, 0.1) is 16.9 Å². The van der Waals surface area contributed by atoms with Crippen LogP contribution in [0.15, 0.2) is 47.5 Å². The number of nitriles is 1. The fourth-order valence-corrected chi connectivity index (χ4v) is 3.86. The zero-order chi connectivity index (χ0) is 23.8. The Kier molecular flexibility index (Phi) is 8.52. The molecule has 1 atom stereocenters. The SMILES string of the molecule is N#CNC(=NCC(C(=N)c1ccc(Cl)c(Cl)c1)N1CCCC1=O)NCCc1ccc(O)cc1. The number of phenols is 1. The number of hydrogen-bond donors (Lipinski definition) is 4. The Hall–Kier alpha value is -3.28. The Morgan fingerprint density at radius 3 is 2.64 bits per heavy atom. The highest BCUT2D eigenvalue weighted by atomic mass is 35.5. The number of hydrogen-bond acceptors (Lipinski definition) is 5. The van der Waals surface area contributed by atoms with Crippen molar-refractivity contribution in [3.63, 3.8) is 0 Å². The van der Waals surface area contributed by atoms with Crippen LogP contribution in [0.3, 0.4) is 0 Å². The van der Waals surface area contributed by atoms with Crippen LogP contribution in [0.2, 0.25) is 10.0 Å². The van der Waals surface area contributed by atoms with E-state index in [1.165, 1.54) is 0 Å². The highest BCUT2D eigenvalue weighted by Gasteiger charge is 2.31. The molecule has 0 radical (unpaired) electrons. The minimum Gasteiger partial charge on any atom is -0.508 e. The summed E-state index contributed by atoms with van der Waals surface area (Å²) in [6, 6.07) is 11.2. The van der Waals surface area contributed by atoms with Gasteiger partial charge in [-0.2, -0.15) is 5.26 Å². The number of nitrogens with zero attached hydrogens (tertiary/aromatic N) is 3. The van der Waals surface area contributed by atoms with Gasteiger partial charge in [-0.15, -0.1) is 0 Å². The van der Waals surface area contributed by atoms with Crippen molar-refractivity contribution in [2.75, 3.05) is 19.6 Å². The van der Waals surface area contributed by atoms with E-state index in [2.05, 4.69) is 15.6 Å². The highest BCUT2D eigenvalue weighted by Crippen LogP contribution is 2.25. The first kappa shape index (κ1) is 24.4. The summed E-state index contributed by atoms with van der Waals surface area (Å²) in [7, 11) is 0. The summed E-state index contributed by atoms with van der Waals surface area (Å²) in [4.78, 5) is 18.5. The first-order valence-corrected chi connectivity index (χ1v) is 11.2. The molecule has 1 unspecified atom stereocenters.